The molecule has 0 spiro atoms. The predicted molar refractivity (Wildman–Crippen MR) is 122 cm³/mol. The van der Waals surface area contributed by atoms with E-state index in [1.54, 1.807) is 18.2 Å². The molecule has 11 heteroatoms. The van der Waals surface area contributed by atoms with Crippen molar-refractivity contribution < 1.29 is 19.6 Å². The van der Waals surface area contributed by atoms with E-state index in [1.807, 2.05) is 13.8 Å². The Bertz CT molecular complexity index is 1300. The molecule has 1 atom stereocenters. The minimum atomic E-state index is -1.20. The average molecular weight is 503 g/mol. The van der Waals surface area contributed by atoms with E-state index < -0.39 is 22.6 Å². The second kappa shape index (κ2) is 9.27. The number of nitro benzene ring substituents is 1. The summed E-state index contributed by atoms with van der Waals surface area (Å²) in [6.45, 7) is 5.04. The number of nitrogens with zero attached hydrogens (tertiary/aromatic N) is 4. The van der Waals surface area contributed by atoms with E-state index in [1.165, 1.54) is 31.3 Å². The van der Waals surface area contributed by atoms with Gasteiger partial charge in [0.2, 0.25) is 0 Å². The van der Waals surface area contributed by atoms with Crippen molar-refractivity contribution in [3.63, 3.8) is 0 Å². The summed E-state index contributed by atoms with van der Waals surface area (Å²) in [4.78, 5) is 39.4. The average Bonchev–Trinajstić information content (AvgIpc) is 2.73. The van der Waals surface area contributed by atoms with Crippen molar-refractivity contribution in [1.29, 1.82) is 0 Å². The molecule has 2 aromatic carbocycles. The van der Waals surface area contributed by atoms with Crippen molar-refractivity contribution in [1.82, 2.24) is 9.66 Å². The van der Waals surface area contributed by atoms with E-state index in [9.17, 15) is 19.7 Å². The fourth-order valence-electron chi connectivity index (χ4n) is 2.87. The standard InChI is InChI=1S/C21H19BrN4O6/c1-11(2)19-24-17-6-4-14(22)9-16(17)20(27)25(19)23-10-13-8-15(26(30)31)5-7-18(13)32-12(3)21(28)29/h4-12H,1-3H3,(H,28,29)/t12-/m1/s1. The van der Waals surface area contributed by atoms with Gasteiger partial charge in [-0.15, -0.1) is 0 Å². The molecule has 0 bridgehead atoms. The summed E-state index contributed by atoms with van der Waals surface area (Å²) < 4.78 is 7.23. The molecule has 10 nitrogen and oxygen atoms in total. The van der Waals surface area contributed by atoms with Gasteiger partial charge in [0.15, 0.2) is 6.10 Å². The zero-order chi connectivity index (χ0) is 23.6. The first-order valence-corrected chi connectivity index (χ1v) is 10.3. The summed E-state index contributed by atoms with van der Waals surface area (Å²) in [5, 5.41) is 24.9. The molecular formula is C21H19BrN4O6. The van der Waals surface area contributed by atoms with Crippen molar-refractivity contribution in [2.45, 2.75) is 32.8 Å². The van der Waals surface area contributed by atoms with E-state index in [-0.39, 0.29) is 22.9 Å². The smallest absolute Gasteiger partial charge is 0.344 e. The van der Waals surface area contributed by atoms with Crippen LogP contribution in [-0.4, -0.2) is 38.0 Å². The lowest BCUT2D eigenvalue weighted by atomic mass is 10.2. The van der Waals surface area contributed by atoms with Crippen LogP contribution < -0.4 is 10.3 Å². The Morgan fingerprint density at radius 2 is 2.00 bits per heavy atom. The Morgan fingerprint density at radius 3 is 2.62 bits per heavy atom. The van der Waals surface area contributed by atoms with Crippen LogP contribution in [0.5, 0.6) is 5.75 Å². The van der Waals surface area contributed by atoms with Crippen LogP contribution in [0.4, 0.5) is 5.69 Å². The number of carbonyl (C=O) groups is 1. The van der Waals surface area contributed by atoms with Crippen LogP contribution in [0.3, 0.4) is 0 Å². The summed E-state index contributed by atoms with van der Waals surface area (Å²) in [5.41, 5.74) is 0.00748. The first-order valence-electron chi connectivity index (χ1n) is 9.53. The Labute approximate surface area is 190 Å². The molecule has 0 aliphatic heterocycles. The van der Waals surface area contributed by atoms with Crippen molar-refractivity contribution in [2.24, 2.45) is 5.10 Å². The van der Waals surface area contributed by atoms with Gasteiger partial charge in [-0.25, -0.2) is 9.78 Å². The molecule has 0 aliphatic carbocycles. The van der Waals surface area contributed by atoms with Crippen LogP contribution in [0.2, 0.25) is 0 Å². The molecule has 3 aromatic rings. The number of carboxylic acids is 1. The highest BCUT2D eigenvalue weighted by atomic mass is 79.9. The third-order valence-electron chi connectivity index (χ3n) is 4.52. The molecule has 0 amide bonds. The zero-order valence-corrected chi connectivity index (χ0v) is 18.9. The highest BCUT2D eigenvalue weighted by Crippen LogP contribution is 2.24. The van der Waals surface area contributed by atoms with Crippen LogP contribution in [0.25, 0.3) is 10.9 Å². The Kier molecular flexibility index (Phi) is 6.68. The van der Waals surface area contributed by atoms with E-state index >= 15 is 0 Å². The Hall–Kier alpha value is -3.60. The maximum atomic E-state index is 13.1. The first kappa shape index (κ1) is 23.1. The lowest BCUT2D eigenvalue weighted by molar-refractivity contribution is -0.384. The Balaban J connectivity index is 2.17. The van der Waals surface area contributed by atoms with Gasteiger partial charge < -0.3 is 9.84 Å². The Morgan fingerprint density at radius 1 is 1.28 bits per heavy atom. The van der Waals surface area contributed by atoms with Crippen molar-refractivity contribution in [2.75, 3.05) is 0 Å². The third-order valence-corrected chi connectivity index (χ3v) is 5.01. The molecule has 32 heavy (non-hydrogen) atoms. The molecular weight excluding hydrogens is 484 g/mol. The number of hydrogen-bond donors (Lipinski definition) is 1. The molecule has 1 N–H and O–H groups in total. The zero-order valence-electron chi connectivity index (χ0n) is 17.4. The van der Waals surface area contributed by atoms with Crippen LogP contribution in [0, 0.1) is 10.1 Å². The molecule has 0 aliphatic rings. The number of benzene rings is 2. The number of non-ortho nitro benzene ring substituents is 1. The van der Waals surface area contributed by atoms with Crippen molar-refractivity contribution in [3.05, 3.63) is 72.7 Å². The second-order valence-corrected chi connectivity index (χ2v) is 8.14. The minimum Gasteiger partial charge on any atom is -0.479 e. The van der Waals surface area contributed by atoms with Gasteiger partial charge in [-0.05, 0) is 31.2 Å². The fourth-order valence-corrected chi connectivity index (χ4v) is 3.23. The monoisotopic (exact) mass is 502 g/mol. The summed E-state index contributed by atoms with van der Waals surface area (Å²) in [7, 11) is 0. The number of rotatable bonds is 7. The molecule has 1 aromatic heterocycles. The maximum Gasteiger partial charge on any atom is 0.344 e. The molecule has 0 saturated carbocycles. The maximum absolute atomic E-state index is 13.1. The largest absolute Gasteiger partial charge is 0.479 e. The number of halogens is 1. The van der Waals surface area contributed by atoms with Gasteiger partial charge in [0.1, 0.15) is 11.6 Å². The third kappa shape index (κ3) is 4.83. The number of nitro groups is 1. The topological polar surface area (TPSA) is 137 Å². The van der Waals surface area contributed by atoms with Crippen molar-refractivity contribution >= 4 is 44.7 Å². The van der Waals surface area contributed by atoms with E-state index in [2.05, 4.69) is 26.0 Å². The van der Waals surface area contributed by atoms with Crippen LogP contribution in [0.1, 0.15) is 38.1 Å². The molecule has 0 fully saturated rings. The summed E-state index contributed by atoms with van der Waals surface area (Å²) in [6, 6.07) is 8.82. The SMILES string of the molecule is CC(C)c1nc2ccc(Br)cc2c(=O)n1N=Cc1cc([N+](=O)[O-])ccc1O[C@H](C)C(=O)O. The fraction of sp³-hybridized carbons (Fsp3) is 0.238. The molecule has 1 heterocycles. The number of hydrogen-bond acceptors (Lipinski definition) is 7. The van der Waals surface area contributed by atoms with Crippen molar-refractivity contribution in [3.8, 4) is 5.75 Å². The number of aromatic nitrogens is 2. The van der Waals surface area contributed by atoms with Gasteiger partial charge in [0.25, 0.3) is 11.2 Å². The van der Waals surface area contributed by atoms with E-state index in [0.29, 0.717) is 21.2 Å². The van der Waals surface area contributed by atoms with Gasteiger partial charge in [0.05, 0.1) is 22.0 Å². The normalized spacial score (nSPS) is 12.4. The lowest BCUT2D eigenvalue weighted by Gasteiger charge is -2.14. The first-order chi connectivity index (χ1) is 15.1. The lowest BCUT2D eigenvalue weighted by Crippen LogP contribution is -2.24. The minimum absolute atomic E-state index is 0.0740. The van der Waals surface area contributed by atoms with Gasteiger partial charge in [-0.1, -0.05) is 29.8 Å². The predicted octanol–water partition coefficient (Wildman–Crippen LogP) is 3.92. The summed E-state index contributed by atoms with van der Waals surface area (Å²) in [6.07, 6.45) is 0.0209. The van der Waals surface area contributed by atoms with Gasteiger partial charge in [-0.3, -0.25) is 14.9 Å². The molecule has 166 valence electrons. The highest BCUT2D eigenvalue weighted by molar-refractivity contribution is 9.10. The number of ether oxygens (including phenoxy) is 1. The number of fused-ring (bicyclic) bond motifs is 1. The van der Waals surface area contributed by atoms with Crippen LogP contribution >= 0.6 is 15.9 Å². The molecule has 0 unspecified atom stereocenters. The van der Waals surface area contributed by atoms with Gasteiger partial charge in [0, 0.05) is 28.1 Å². The summed E-state index contributed by atoms with van der Waals surface area (Å²) in [5.74, 6) is -0.882. The summed E-state index contributed by atoms with van der Waals surface area (Å²) >= 11 is 3.34. The van der Waals surface area contributed by atoms with Crippen LogP contribution in [-0.2, 0) is 4.79 Å². The van der Waals surface area contributed by atoms with Gasteiger partial charge >= 0.3 is 5.97 Å². The van der Waals surface area contributed by atoms with Crippen LogP contribution in [0.15, 0.2) is 50.8 Å². The molecule has 3 rings (SSSR count). The quantitative estimate of drug-likeness (QED) is 0.293. The highest BCUT2D eigenvalue weighted by Gasteiger charge is 2.18. The van der Waals surface area contributed by atoms with E-state index in [0.717, 1.165) is 4.68 Å². The molecule has 0 radical (unpaired) electrons. The number of aliphatic carboxylic acids is 1. The van der Waals surface area contributed by atoms with E-state index in [4.69, 9.17) is 9.84 Å². The van der Waals surface area contributed by atoms with Gasteiger partial charge in [-0.2, -0.15) is 9.78 Å². The molecule has 0 saturated heterocycles. The second-order valence-electron chi connectivity index (χ2n) is 7.23. The number of carboxylic acid groups (broad SMARTS) is 1.